The van der Waals surface area contributed by atoms with E-state index in [4.69, 9.17) is 12.2 Å². The molecule has 1 aromatic rings. The molecule has 0 unspecified atom stereocenters. The zero-order valence-electron chi connectivity index (χ0n) is 11.1. The van der Waals surface area contributed by atoms with E-state index in [1.54, 1.807) is 0 Å². The summed E-state index contributed by atoms with van der Waals surface area (Å²) in [5, 5.41) is 7.43. The Morgan fingerprint density at radius 1 is 1.28 bits per heavy atom. The van der Waals surface area contributed by atoms with Gasteiger partial charge in [0.1, 0.15) is 0 Å². The van der Waals surface area contributed by atoms with Crippen LogP contribution in [0.5, 0.6) is 0 Å². The molecule has 2 heterocycles. The van der Waals surface area contributed by atoms with E-state index in [1.807, 2.05) is 0 Å². The molecule has 0 amide bonds. The van der Waals surface area contributed by atoms with Gasteiger partial charge in [0.2, 0.25) is 5.95 Å². The maximum absolute atomic E-state index is 5.31. The molecule has 1 aromatic heterocycles. The monoisotopic (exact) mass is 266 g/mol. The number of nitrogens with zero attached hydrogens (tertiary/aromatic N) is 3. The second-order valence-corrected chi connectivity index (χ2v) is 5.91. The van der Waals surface area contributed by atoms with Crippen molar-refractivity contribution in [2.75, 3.05) is 11.4 Å². The Balaban J connectivity index is 1.91. The number of anilines is 1. The molecule has 3 rings (SSSR count). The van der Waals surface area contributed by atoms with Crippen LogP contribution in [0.3, 0.4) is 0 Å². The SMILES string of the molecule is CCn1c(N2CCC[C@H]3CCCC[C@H]32)n[nH]c1=S. The van der Waals surface area contributed by atoms with E-state index in [-0.39, 0.29) is 0 Å². The highest BCUT2D eigenvalue weighted by Gasteiger charge is 2.35. The molecule has 4 nitrogen and oxygen atoms in total. The van der Waals surface area contributed by atoms with Crippen LogP contribution in [0.4, 0.5) is 5.95 Å². The van der Waals surface area contributed by atoms with Crippen molar-refractivity contribution >= 4 is 18.2 Å². The van der Waals surface area contributed by atoms with Crippen molar-refractivity contribution in [3.05, 3.63) is 4.77 Å². The van der Waals surface area contributed by atoms with Gasteiger partial charge >= 0.3 is 0 Å². The highest BCUT2D eigenvalue weighted by atomic mass is 32.1. The van der Waals surface area contributed by atoms with Crippen LogP contribution in [0.15, 0.2) is 0 Å². The average Bonchev–Trinajstić information content (AvgIpc) is 2.79. The van der Waals surface area contributed by atoms with E-state index >= 15 is 0 Å². The maximum atomic E-state index is 5.31. The Labute approximate surface area is 113 Å². The summed E-state index contributed by atoms with van der Waals surface area (Å²) in [6, 6.07) is 0.697. The predicted octanol–water partition coefficient (Wildman–Crippen LogP) is 3.12. The summed E-state index contributed by atoms with van der Waals surface area (Å²) in [6.45, 7) is 4.18. The van der Waals surface area contributed by atoms with Gasteiger partial charge in [-0.3, -0.25) is 4.57 Å². The van der Waals surface area contributed by atoms with Gasteiger partial charge in [-0.1, -0.05) is 12.8 Å². The van der Waals surface area contributed by atoms with Gasteiger partial charge in [0.15, 0.2) is 4.77 Å². The third-order valence-corrected chi connectivity index (χ3v) is 4.87. The number of piperidine rings is 1. The fourth-order valence-electron chi connectivity index (χ4n) is 3.69. The molecule has 0 spiro atoms. The number of fused-ring (bicyclic) bond motifs is 1. The van der Waals surface area contributed by atoms with Gasteiger partial charge in [-0.05, 0) is 50.7 Å². The number of hydrogen-bond donors (Lipinski definition) is 1. The van der Waals surface area contributed by atoms with E-state index in [9.17, 15) is 0 Å². The number of nitrogens with one attached hydrogen (secondary N) is 1. The van der Waals surface area contributed by atoms with Crippen molar-refractivity contribution < 1.29 is 0 Å². The first kappa shape index (κ1) is 12.2. The second kappa shape index (κ2) is 5.03. The Morgan fingerprint density at radius 3 is 2.89 bits per heavy atom. The van der Waals surface area contributed by atoms with E-state index < -0.39 is 0 Å². The largest absolute Gasteiger partial charge is 0.338 e. The molecule has 1 aliphatic heterocycles. The van der Waals surface area contributed by atoms with Crippen molar-refractivity contribution in [3.8, 4) is 0 Å². The summed E-state index contributed by atoms with van der Waals surface area (Å²) in [7, 11) is 0. The number of aromatic nitrogens is 3. The van der Waals surface area contributed by atoms with Crippen molar-refractivity contribution in [2.45, 2.75) is 58.0 Å². The summed E-state index contributed by atoms with van der Waals surface area (Å²) < 4.78 is 2.89. The molecule has 1 saturated carbocycles. The van der Waals surface area contributed by atoms with Crippen LogP contribution in [0, 0.1) is 10.7 Å². The fourth-order valence-corrected chi connectivity index (χ4v) is 3.94. The van der Waals surface area contributed by atoms with Crippen LogP contribution >= 0.6 is 12.2 Å². The van der Waals surface area contributed by atoms with Crippen LogP contribution in [0.1, 0.15) is 45.4 Å². The van der Waals surface area contributed by atoms with Crippen LogP contribution in [0.25, 0.3) is 0 Å². The van der Waals surface area contributed by atoms with Gasteiger partial charge in [0.25, 0.3) is 0 Å². The van der Waals surface area contributed by atoms with Crippen LogP contribution in [0.2, 0.25) is 0 Å². The van der Waals surface area contributed by atoms with Crippen molar-refractivity contribution in [2.24, 2.45) is 5.92 Å². The molecule has 5 heteroatoms. The van der Waals surface area contributed by atoms with Crippen molar-refractivity contribution in [3.63, 3.8) is 0 Å². The van der Waals surface area contributed by atoms with E-state index in [0.717, 1.165) is 29.7 Å². The Morgan fingerprint density at radius 2 is 2.06 bits per heavy atom. The molecular weight excluding hydrogens is 244 g/mol. The summed E-state index contributed by atoms with van der Waals surface area (Å²) in [5.74, 6) is 1.95. The quantitative estimate of drug-likeness (QED) is 0.836. The minimum atomic E-state index is 0.697. The molecule has 100 valence electrons. The fraction of sp³-hybridized carbons (Fsp3) is 0.846. The Bertz CT molecular complexity index is 462. The van der Waals surface area contributed by atoms with E-state index in [0.29, 0.717) is 6.04 Å². The molecule has 1 N–H and O–H groups in total. The van der Waals surface area contributed by atoms with Gasteiger partial charge in [-0.2, -0.15) is 0 Å². The summed E-state index contributed by atoms with van der Waals surface area (Å²) in [4.78, 5) is 2.52. The smallest absolute Gasteiger partial charge is 0.225 e. The summed E-state index contributed by atoms with van der Waals surface area (Å²) in [6.07, 6.45) is 8.21. The van der Waals surface area contributed by atoms with Gasteiger partial charge in [-0.15, -0.1) is 5.10 Å². The van der Waals surface area contributed by atoms with Crippen molar-refractivity contribution in [1.29, 1.82) is 0 Å². The lowest BCUT2D eigenvalue weighted by Gasteiger charge is -2.44. The number of hydrogen-bond acceptors (Lipinski definition) is 3. The standard InChI is InChI=1S/C13H22N4S/c1-2-16-12(14-15-13(16)18)17-9-5-7-10-6-3-4-8-11(10)17/h10-11H,2-9H2,1H3,(H,15,18)/t10-,11-/m1/s1. The molecule has 0 radical (unpaired) electrons. The Hall–Kier alpha value is -0.840. The molecule has 18 heavy (non-hydrogen) atoms. The highest BCUT2D eigenvalue weighted by molar-refractivity contribution is 7.71. The number of rotatable bonds is 2. The van der Waals surface area contributed by atoms with Gasteiger partial charge in [0, 0.05) is 19.1 Å². The predicted molar refractivity (Wildman–Crippen MR) is 75.4 cm³/mol. The second-order valence-electron chi connectivity index (χ2n) is 5.52. The third-order valence-electron chi connectivity index (χ3n) is 4.55. The van der Waals surface area contributed by atoms with Crippen LogP contribution < -0.4 is 4.90 Å². The summed E-state index contributed by atoms with van der Waals surface area (Å²) in [5.41, 5.74) is 0. The molecular formula is C13H22N4S. The molecule has 2 aliphatic rings. The zero-order valence-corrected chi connectivity index (χ0v) is 11.9. The number of aromatic amines is 1. The minimum Gasteiger partial charge on any atom is -0.338 e. The molecule has 0 bridgehead atoms. The maximum Gasteiger partial charge on any atom is 0.225 e. The third kappa shape index (κ3) is 1.98. The van der Waals surface area contributed by atoms with Crippen LogP contribution in [-0.2, 0) is 6.54 Å². The van der Waals surface area contributed by atoms with Crippen molar-refractivity contribution in [1.82, 2.24) is 14.8 Å². The van der Waals surface area contributed by atoms with Gasteiger partial charge in [-0.25, -0.2) is 5.10 Å². The van der Waals surface area contributed by atoms with E-state index in [1.165, 1.54) is 38.5 Å². The molecule has 1 aliphatic carbocycles. The van der Waals surface area contributed by atoms with Gasteiger partial charge < -0.3 is 4.90 Å². The Kier molecular flexibility index (Phi) is 3.41. The van der Waals surface area contributed by atoms with Crippen LogP contribution in [-0.4, -0.2) is 27.4 Å². The normalized spacial score (nSPS) is 28.2. The molecule has 1 saturated heterocycles. The first-order valence-electron chi connectivity index (χ1n) is 7.23. The summed E-state index contributed by atoms with van der Waals surface area (Å²) >= 11 is 5.31. The first-order chi connectivity index (χ1) is 8.81. The first-order valence-corrected chi connectivity index (χ1v) is 7.64. The zero-order chi connectivity index (χ0) is 12.5. The lowest BCUT2D eigenvalue weighted by molar-refractivity contribution is 0.240. The minimum absolute atomic E-state index is 0.697. The van der Waals surface area contributed by atoms with Gasteiger partial charge in [0.05, 0.1) is 0 Å². The number of H-pyrrole nitrogens is 1. The molecule has 2 atom stereocenters. The highest BCUT2D eigenvalue weighted by Crippen LogP contribution is 2.37. The lowest BCUT2D eigenvalue weighted by Crippen LogP contribution is -2.48. The molecule has 2 fully saturated rings. The lowest BCUT2D eigenvalue weighted by atomic mass is 9.78. The molecule has 0 aromatic carbocycles. The topological polar surface area (TPSA) is 36.9 Å². The van der Waals surface area contributed by atoms with E-state index in [2.05, 4.69) is 26.6 Å². The average molecular weight is 266 g/mol.